The smallest absolute Gasteiger partial charge is 0.260 e. The van der Waals surface area contributed by atoms with Gasteiger partial charge in [0.1, 0.15) is 6.54 Å². The molecule has 35 heavy (non-hydrogen) atoms. The lowest BCUT2D eigenvalue weighted by atomic mass is 10.1. The van der Waals surface area contributed by atoms with Crippen LogP contribution < -0.4 is 15.0 Å². The molecule has 3 aromatic rings. The summed E-state index contributed by atoms with van der Waals surface area (Å²) in [5.74, 6) is -0.831. The summed E-state index contributed by atoms with van der Waals surface area (Å²) in [5, 5.41) is 7.26. The summed E-state index contributed by atoms with van der Waals surface area (Å²) in [7, 11) is -3.75. The number of carbonyl (C=O) groups is 2. The number of halogens is 1. The second-order valence-corrected chi connectivity index (χ2v) is 10.2. The highest BCUT2D eigenvalue weighted by Crippen LogP contribution is 2.26. The Labute approximate surface area is 209 Å². The molecule has 10 heteroatoms. The number of carbonyl (C=O) groups excluding carboxylic acids is 2. The van der Waals surface area contributed by atoms with E-state index in [4.69, 9.17) is 11.6 Å². The number of anilines is 2. The average molecular weight is 513 g/mol. The van der Waals surface area contributed by atoms with E-state index in [1.807, 2.05) is 6.07 Å². The van der Waals surface area contributed by atoms with Crippen LogP contribution in [0.15, 0.2) is 77.9 Å². The summed E-state index contributed by atoms with van der Waals surface area (Å²) in [4.78, 5) is 24.8. The molecular formula is C25H25ClN4O4S. The van der Waals surface area contributed by atoms with Crippen LogP contribution in [0.25, 0.3) is 0 Å². The molecule has 3 rings (SSSR count). The highest BCUT2D eigenvalue weighted by atomic mass is 35.5. The van der Waals surface area contributed by atoms with Crippen molar-refractivity contribution in [3.8, 4) is 0 Å². The Hall–Kier alpha value is -3.69. The molecule has 0 aromatic heterocycles. The SMILES string of the molecule is C/C(=N/NC(=O)CN(c1cc(Cl)ccc1C)S(C)(=O)=O)c1ccc(NC(=O)c2ccccc2)cc1. The zero-order valence-corrected chi connectivity index (χ0v) is 21.0. The van der Waals surface area contributed by atoms with Gasteiger partial charge >= 0.3 is 0 Å². The number of aryl methyl sites for hydroxylation is 1. The van der Waals surface area contributed by atoms with Gasteiger partial charge in [0.25, 0.3) is 11.8 Å². The van der Waals surface area contributed by atoms with Crippen LogP contribution in [0.2, 0.25) is 5.02 Å². The van der Waals surface area contributed by atoms with Gasteiger partial charge in [-0.3, -0.25) is 13.9 Å². The van der Waals surface area contributed by atoms with Gasteiger partial charge in [0, 0.05) is 16.3 Å². The molecule has 0 atom stereocenters. The predicted octanol–water partition coefficient (Wildman–Crippen LogP) is 4.21. The van der Waals surface area contributed by atoms with Crippen LogP contribution in [-0.2, 0) is 14.8 Å². The zero-order valence-electron chi connectivity index (χ0n) is 19.4. The molecule has 3 aromatic carbocycles. The Balaban J connectivity index is 1.66. The lowest BCUT2D eigenvalue weighted by Gasteiger charge is -2.23. The van der Waals surface area contributed by atoms with Gasteiger partial charge in [0.15, 0.2) is 0 Å². The molecule has 0 aliphatic heterocycles. The number of nitrogens with one attached hydrogen (secondary N) is 2. The molecule has 0 unspecified atom stereocenters. The molecular weight excluding hydrogens is 488 g/mol. The molecule has 0 heterocycles. The van der Waals surface area contributed by atoms with Crippen LogP contribution in [-0.4, -0.2) is 38.7 Å². The van der Waals surface area contributed by atoms with Crippen molar-refractivity contribution in [1.29, 1.82) is 0 Å². The van der Waals surface area contributed by atoms with Crippen molar-refractivity contribution in [3.63, 3.8) is 0 Å². The van der Waals surface area contributed by atoms with Crippen molar-refractivity contribution >= 4 is 50.5 Å². The Bertz CT molecular complexity index is 1360. The minimum absolute atomic E-state index is 0.221. The van der Waals surface area contributed by atoms with Crippen LogP contribution in [0.3, 0.4) is 0 Å². The van der Waals surface area contributed by atoms with Gasteiger partial charge in [-0.25, -0.2) is 13.8 Å². The molecule has 0 aliphatic carbocycles. The number of nitrogens with zero attached hydrogens (tertiary/aromatic N) is 2. The Morgan fingerprint density at radius 1 is 0.971 bits per heavy atom. The van der Waals surface area contributed by atoms with Gasteiger partial charge in [-0.1, -0.05) is 48.0 Å². The first-order chi connectivity index (χ1) is 16.5. The third-order valence-corrected chi connectivity index (χ3v) is 6.43. The second kappa shape index (κ2) is 11.2. The molecule has 8 nitrogen and oxygen atoms in total. The number of benzene rings is 3. The van der Waals surface area contributed by atoms with E-state index in [2.05, 4.69) is 15.8 Å². The monoisotopic (exact) mass is 512 g/mol. The summed E-state index contributed by atoms with van der Waals surface area (Å²) >= 11 is 6.02. The van der Waals surface area contributed by atoms with E-state index in [0.717, 1.165) is 10.6 Å². The molecule has 0 aliphatic rings. The molecule has 182 valence electrons. The molecule has 0 saturated carbocycles. The first-order valence-corrected chi connectivity index (χ1v) is 12.8. The standard InChI is InChI=1S/C25H25ClN4O4S/c1-17-9-12-21(26)15-23(17)30(35(3,33)34)16-24(31)29-28-18(2)19-10-13-22(14-11-19)27-25(32)20-7-5-4-6-8-20/h4-15H,16H2,1-3H3,(H,27,32)(H,29,31)/b28-18-. The van der Waals surface area contributed by atoms with Crippen molar-refractivity contribution in [3.05, 3.63) is 94.5 Å². The third kappa shape index (κ3) is 7.14. The van der Waals surface area contributed by atoms with Crippen LogP contribution in [0, 0.1) is 6.92 Å². The fourth-order valence-corrected chi connectivity index (χ4v) is 4.27. The number of hydrogen-bond acceptors (Lipinski definition) is 5. The van der Waals surface area contributed by atoms with Crippen LogP contribution in [0.1, 0.15) is 28.4 Å². The maximum atomic E-state index is 12.5. The van der Waals surface area contributed by atoms with E-state index in [0.29, 0.717) is 38.8 Å². The minimum Gasteiger partial charge on any atom is -0.322 e. The summed E-state index contributed by atoms with van der Waals surface area (Å²) < 4.78 is 25.6. The molecule has 0 saturated heterocycles. The van der Waals surface area contributed by atoms with Crippen molar-refractivity contribution in [1.82, 2.24) is 5.43 Å². The van der Waals surface area contributed by atoms with E-state index in [1.54, 1.807) is 74.5 Å². The fourth-order valence-electron chi connectivity index (χ4n) is 3.20. The maximum absolute atomic E-state index is 12.5. The highest BCUT2D eigenvalue weighted by molar-refractivity contribution is 7.92. The summed E-state index contributed by atoms with van der Waals surface area (Å²) in [6.07, 6.45) is 1.02. The van der Waals surface area contributed by atoms with Crippen LogP contribution in [0.4, 0.5) is 11.4 Å². The van der Waals surface area contributed by atoms with Crippen molar-refractivity contribution in [2.24, 2.45) is 5.10 Å². The van der Waals surface area contributed by atoms with Gasteiger partial charge in [-0.15, -0.1) is 0 Å². The normalized spacial score (nSPS) is 11.6. The van der Waals surface area contributed by atoms with E-state index in [-0.39, 0.29) is 5.91 Å². The van der Waals surface area contributed by atoms with Crippen LogP contribution in [0.5, 0.6) is 0 Å². The molecule has 0 spiro atoms. The molecule has 0 bridgehead atoms. The average Bonchev–Trinajstić information content (AvgIpc) is 2.83. The van der Waals surface area contributed by atoms with Crippen molar-refractivity contribution in [2.75, 3.05) is 22.4 Å². The lowest BCUT2D eigenvalue weighted by Crippen LogP contribution is -2.39. The van der Waals surface area contributed by atoms with Gasteiger partial charge in [0.2, 0.25) is 10.0 Å². The number of hydrogen-bond donors (Lipinski definition) is 2. The predicted molar refractivity (Wildman–Crippen MR) is 140 cm³/mol. The number of amides is 2. The Morgan fingerprint density at radius 2 is 1.63 bits per heavy atom. The Kier molecular flexibility index (Phi) is 8.26. The van der Waals surface area contributed by atoms with Gasteiger partial charge < -0.3 is 5.32 Å². The Morgan fingerprint density at radius 3 is 2.26 bits per heavy atom. The van der Waals surface area contributed by atoms with Gasteiger partial charge in [0.05, 0.1) is 17.7 Å². The topological polar surface area (TPSA) is 108 Å². The van der Waals surface area contributed by atoms with Gasteiger partial charge in [-0.05, 0) is 61.4 Å². The number of rotatable bonds is 8. The number of sulfonamides is 1. The second-order valence-electron chi connectivity index (χ2n) is 7.83. The zero-order chi connectivity index (χ0) is 25.6. The largest absolute Gasteiger partial charge is 0.322 e. The molecule has 2 N–H and O–H groups in total. The lowest BCUT2D eigenvalue weighted by molar-refractivity contribution is -0.119. The molecule has 0 fully saturated rings. The van der Waals surface area contributed by atoms with E-state index in [9.17, 15) is 18.0 Å². The van der Waals surface area contributed by atoms with E-state index < -0.39 is 22.5 Å². The van der Waals surface area contributed by atoms with Crippen molar-refractivity contribution < 1.29 is 18.0 Å². The first-order valence-electron chi connectivity index (χ1n) is 10.6. The highest BCUT2D eigenvalue weighted by Gasteiger charge is 2.22. The minimum atomic E-state index is -3.75. The van der Waals surface area contributed by atoms with Crippen molar-refractivity contribution in [2.45, 2.75) is 13.8 Å². The van der Waals surface area contributed by atoms with Gasteiger partial charge in [-0.2, -0.15) is 5.10 Å². The quantitative estimate of drug-likeness (QED) is 0.348. The molecule has 2 amide bonds. The van der Waals surface area contributed by atoms with Crippen LogP contribution >= 0.6 is 11.6 Å². The van der Waals surface area contributed by atoms with E-state index in [1.165, 1.54) is 6.07 Å². The number of hydrazone groups is 1. The summed E-state index contributed by atoms with van der Waals surface area (Å²) in [6.45, 7) is 2.98. The molecule has 0 radical (unpaired) electrons. The maximum Gasteiger partial charge on any atom is 0.260 e. The fraction of sp³-hybridized carbons (Fsp3) is 0.160. The summed E-state index contributed by atoms with van der Waals surface area (Å²) in [5.41, 5.74) is 5.76. The first kappa shape index (κ1) is 25.9. The summed E-state index contributed by atoms with van der Waals surface area (Å²) in [6, 6.07) is 20.6. The van der Waals surface area contributed by atoms with E-state index >= 15 is 0 Å². The third-order valence-electron chi connectivity index (χ3n) is 5.07.